The first kappa shape index (κ1) is 24.3. The number of esters is 1. The van der Waals surface area contributed by atoms with Gasteiger partial charge in [-0.1, -0.05) is 18.2 Å². The minimum atomic E-state index is -4.03. The average Bonchev–Trinajstić information content (AvgIpc) is 3.39. The normalized spacial score (nSPS) is 13.1. The van der Waals surface area contributed by atoms with Gasteiger partial charge in [-0.05, 0) is 54.8 Å². The largest absolute Gasteiger partial charge is 0.495 e. The van der Waals surface area contributed by atoms with Crippen molar-refractivity contribution in [3.05, 3.63) is 77.7 Å². The minimum Gasteiger partial charge on any atom is -0.495 e. The summed E-state index contributed by atoms with van der Waals surface area (Å²) >= 11 is 0. The summed E-state index contributed by atoms with van der Waals surface area (Å²) in [7, 11) is -1.11. The van der Waals surface area contributed by atoms with Crippen molar-refractivity contribution in [1.82, 2.24) is 4.90 Å². The number of amides is 1. The summed E-state index contributed by atoms with van der Waals surface area (Å²) in [6, 6.07) is 14.8. The second-order valence-corrected chi connectivity index (χ2v) is 9.91. The Balaban J connectivity index is 1.53. The van der Waals surface area contributed by atoms with Gasteiger partial charge in [0.05, 0.1) is 31.2 Å². The van der Waals surface area contributed by atoms with Crippen molar-refractivity contribution in [3.63, 3.8) is 0 Å². The third kappa shape index (κ3) is 5.17. The molecule has 1 amide bonds. The fraction of sp³-hybridized carbons (Fsp3) is 0.280. The Morgan fingerprint density at radius 2 is 1.91 bits per heavy atom. The van der Waals surface area contributed by atoms with Gasteiger partial charge >= 0.3 is 5.97 Å². The first-order valence-electron chi connectivity index (χ1n) is 11.0. The Morgan fingerprint density at radius 1 is 1.11 bits per heavy atom. The quantitative estimate of drug-likeness (QED) is 0.439. The van der Waals surface area contributed by atoms with Crippen LogP contribution in [0.25, 0.3) is 0 Å². The van der Waals surface area contributed by atoms with Crippen LogP contribution in [0.1, 0.15) is 28.1 Å². The van der Waals surface area contributed by atoms with Gasteiger partial charge in [0.15, 0.2) is 6.61 Å². The van der Waals surface area contributed by atoms with Gasteiger partial charge in [0.25, 0.3) is 15.9 Å². The zero-order chi connectivity index (χ0) is 25.0. The molecular formula is C25H26N2O7S. The molecule has 1 aliphatic rings. The molecule has 9 nitrogen and oxygen atoms in total. The van der Waals surface area contributed by atoms with Gasteiger partial charge in [0.1, 0.15) is 16.4 Å². The molecule has 35 heavy (non-hydrogen) atoms. The molecule has 184 valence electrons. The van der Waals surface area contributed by atoms with Gasteiger partial charge in [-0.15, -0.1) is 0 Å². The Labute approximate surface area is 203 Å². The predicted octanol–water partition coefficient (Wildman–Crippen LogP) is 3.25. The number of nitrogens with zero attached hydrogens (tertiary/aromatic N) is 2. The summed E-state index contributed by atoms with van der Waals surface area (Å²) in [6.07, 6.45) is 2.97. The van der Waals surface area contributed by atoms with E-state index in [-0.39, 0.29) is 22.8 Å². The van der Waals surface area contributed by atoms with Crippen molar-refractivity contribution in [2.24, 2.45) is 0 Å². The molecule has 1 aromatic heterocycles. The number of sulfonamides is 1. The summed E-state index contributed by atoms with van der Waals surface area (Å²) in [5, 5.41) is 0. The van der Waals surface area contributed by atoms with E-state index in [0.717, 1.165) is 12.0 Å². The molecule has 1 aliphatic heterocycles. The summed E-state index contributed by atoms with van der Waals surface area (Å²) in [4.78, 5) is 26.2. The number of hydrogen-bond acceptors (Lipinski definition) is 7. The Kier molecular flexibility index (Phi) is 7.11. The van der Waals surface area contributed by atoms with Gasteiger partial charge in [-0.25, -0.2) is 13.2 Å². The zero-order valence-electron chi connectivity index (χ0n) is 19.5. The lowest BCUT2D eigenvalue weighted by Gasteiger charge is -2.31. The molecular weight excluding hydrogens is 472 g/mol. The third-order valence-corrected chi connectivity index (χ3v) is 7.59. The van der Waals surface area contributed by atoms with Gasteiger partial charge in [0, 0.05) is 13.6 Å². The lowest BCUT2D eigenvalue weighted by molar-refractivity contribution is -0.133. The van der Waals surface area contributed by atoms with Crippen LogP contribution in [0, 0.1) is 0 Å². The molecule has 2 aromatic carbocycles. The van der Waals surface area contributed by atoms with Crippen molar-refractivity contribution < 1.29 is 31.9 Å². The standard InChI is InChI=1S/C25H26N2O7S/c1-26(16-20-9-6-14-33-20)24(28)17-34-25(29)19-11-12-22(32-2)23(15-19)35(30,31)27-13-5-8-18-7-3-4-10-21(18)27/h3-4,6-7,9-12,14-15H,5,8,13,16-17H2,1-2H3. The number of ether oxygens (including phenoxy) is 2. The highest BCUT2D eigenvalue weighted by Crippen LogP contribution is 2.35. The van der Waals surface area contributed by atoms with E-state index >= 15 is 0 Å². The van der Waals surface area contributed by atoms with Gasteiger partial charge < -0.3 is 18.8 Å². The Hall–Kier alpha value is -3.79. The molecule has 10 heteroatoms. The summed E-state index contributed by atoms with van der Waals surface area (Å²) < 4.78 is 44.3. The van der Waals surface area contributed by atoms with Gasteiger partial charge in [-0.3, -0.25) is 9.10 Å². The Bertz CT molecular complexity index is 1320. The molecule has 0 spiro atoms. The zero-order valence-corrected chi connectivity index (χ0v) is 20.3. The summed E-state index contributed by atoms with van der Waals surface area (Å²) in [5.41, 5.74) is 1.55. The monoisotopic (exact) mass is 498 g/mol. The predicted molar refractivity (Wildman–Crippen MR) is 128 cm³/mol. The molecule has 0 bridgehead atoms. The number of carbonyl (C=O) groups is 2. The van der Waals surface area contributed by atoms with Crippen molar-refractivity contribution in [2.45, 2.75) is 24.3 Å². The van der Waals surface area contributed by atoms with Crippen LogP contribution in [-0.2, 0) is 32.5 Å². The molecule has 4 rings (SSSR count). The highest BCUT2D eigenvalue weighted by Gasteiger charge is 2.32. The molecule has 0 saturated heterocycles. The van der Waals surface area contributed by atoms with Crippen LogP contribution >= 0.6 is 0 Å². The van der Waals surface area contributed by atoms with E-state index in [9.17, 15) is 18.0 Å². The molecule has 0 fully saturated rings. The van der Waals surface area contributed by atoms with Crippen LogP contribution in [-0.4, -0.2) is 52.5 Å². The topological polar surface area (TPSA) is 106 Å². The highest BCUT2D eigenvalue weighted by atomic mass is 32.2. The number of furan rings is 1. The van der Waals surface area contributed by atoms with E-state index in [1.807, 2.05) is 12.1 Å². The smallest absolute Gasteiger partial charge is 0.338 e. The number of benzene rings is 2. The number of para-hydroxylation sites is 1. The molecule has 3 aromatic rings. The van der Waals surface area contributed by atoms with E-state index in [0.29, 0.717) is 24.4 Å². The number of hydrogen-bond donors (Lipinski definition) is 0. The number of anilines is 1. The molecule has 0 unspecified atom stereocenters. The van der Waals surface area contributed by atoms with Crippen molar-refractivity contribution in [3.8, 4) is 5.75 Å². The number of likely N-dealkylation sites (N-methyl/N-ethyl adjacent to an activating group) is 1. The molecule has 0 atom stereocenters. The van der Waals surface area contributed by atoms with E-state index in [4.69, 9.17) is 13.9 Å². The SMILES string of the molecule is COc1ccc(C(=O)OCC(=O)N(C)Cc2ccco2)cc1S(=O)(=O)N1CCCc2ccccc21. The number of carbonyl (C=O) groups excluding carboxylic acids is 2. The molecule has 0 saturated carbocycles. The van der Waals surface area contributed by atoms with Crippen LogP contribution in [0.4, 0.5) is 5.69 Å². The Morgan fingerprint density at radius 3 is 2.66 bits per heavy atom. The van der Waals surface area contributed by atoms with Crippen LogP contribution < -0.4 is 9.04 Å². The fourth-order valence-electron chi connectivity index (χ4n) is 3.92. The van der Waals surface area contributed by atoms with Crippen molar-refractivity contribution in [2.75, 3.05) is 31.6 Å². The number of methoxy groups -OCH3 is 1. The van der Waals surface area contributed by atoms with Crippen LogP contribution in [0.5, 0.6) is 5.75 Å². The molecule has 0 radical (unpaired) electrons. The highest BCUT2D eigenvalue weighted by molar-refractivity contribution is 7.93. The first-order valence-corrected chi connectivity index (χ1v) is 12.5. The maximum Gasteiger partial charge on any atom is 0.338 e. The van der Waals surface area contributed by atoms with E-state index in [1.165, 1.54) is 40.8 Å². The second kappa shape index (κ2) is 10.2. The maximum absolute atomic E-state index is 13.6. The van der Waals surface area contributed by atoms with Gasteiger partial charge in [0.2, 0.25) is 0 Å². The van der Waals surface area contributed by atoms with E-state index in [1.54, 1.807) is 31.3 Å². The van der Waals surface area contributed by atoms with Crippen LogP contribution in [0.2, 0.25) is 0 Å². The van der Waals surface area contributed by atoms with E-state index in [2.05, 4.69) is 0 Å². The first-order chi connectivity index (χ1) is 16.8. The van der Waals surface area contributed by atoms with Crippen molar-refractivity contribution in [1.29, 1.82) is 0 Å². The number of fused-ring (bicyclic) bond motifs is 1. The van der Waals surface area contributed by atoms with E-state index < -0.39 is 28.5 Å². The maximum atomic E-state index is 13.6. The summed E-state index contributed by atoms with van der Waals surface area (Å²) in [5.74, 6) is -0.542. The lowest BCUT2D eigenvalue weighted by Crippen LogP contribution is -2.35. The summed E-state index contributed by atoms with van der Waals surface area (Å²) in [6.45, 7) is 0.0446. The lowest BCUT2D eigenvalue weighted by atomic mass is 10.0. The fourth-order valence-corrected chi connectivity index (χ4v) is 5.64. The molecule has 0 N–H and O–H groups in total. The molecule has 0 aliphatic carbocycles. The number of aryl methyl sites for hydroxylation is 1. The number of rotatable bonds is 8. The minimum absolute atomic E-state index is 0.00356. The van der Waals surface area contributed by atoms with Gasteiger partial charge in [-0.2, -0.15) is 0 Å². The second-order valence-electron chi connectivity index (χ2n) is 8.08. The average molecular weight is 499 g/mol. The third-order valence-electron chi connectivity index (χ3n) is 5.76. The van der Waals surface area contributed by atoms with Crippen molar-refractivity contribution >= 4 is 27.6 Å². The van der Waals surface area contributed by atoms with Crippen LogP contribution in [0.3, 0.4) is 0 Å². The molecule has 2 heterocycles. The van der Waals surface area contributed by atoms with Crippen LogP contribution in [0.15, 0.2) is 70.2 Å².